The fraction of sp³-hybridized carbons (Fsp3) is 0.238. The molecular formula is C21H20ClNO6. The van der Waals surface area contributed by atoms with Crippen LogP contribution < -0.4 is 10.1 Å². The van der Waals surface area contributed by atoms with E-state index in [1.807, 2.05) is 0 Å². The topological polar surface area (TPSA) is 98.0 Å². The van der Waals surface area contributed by atoms with Crippen molar-refractivity contribution >= 4 is 40.1 Å². The van der Waals surface area contributed by atoms with Crippen molar-refractivity contribution in [3.05, 3.63) is 52.7 Å². The minimum atomic E-state index is -1.02. The summed E-state index contributed by atoms with van der Waals surface area (Å²) in [7, 11) is 1.47. The summed E-state index contributed by atoms with van der Waals surface area (Å²) in [6, 6.07) is 7.90. The molecule has 0 aliphatic carbocycles. The van der Waals surface area contributed by atoms with E-state index < -0.39 is 18.0 Å². The third-order valence-corrected chi connectivity index (χ3v) is 4.80. The number of hydrogen-bond donors (Lipinski definition) is 2. The summed E-state index contributed by atoms with van der Waals surface area (Å²) in [6.45, 7) is 3.28. The van der Waals surface area contributed by atoms with Crippen molar-refractivity contribution in [2.75, 3.05) is 12.4 Å². The van der Waals surface area contributed by atoms with Gasteiger partial charge >= 0.3 is 5.97 Å². The number of phenolic OH excluding ortho intramolecular Hbond substituents is 1. The van der Waals surface area contributed by atoms with Crippen LogP contribution in [0.3, 0.4) is 0 Å². The average Bonchev–Trinajstić information content (AvgIpc) is 3.05. The summed E-state index contributed by atoms with van der Waals surface area (Å²) in [4.78, 5) is 24.7. The maximum atomic E-state index is 12.4. The molecule has 1 heterocycles. The molecule has 0 aliphatic rings. The van der Waals surface area contributed by atoms with Crippen molar-refractivity contribution in [2.24, 2.45) is 0 Å². The van der Waals surface area contributed by atoms with E-state index in [9.17, 15) is 14.7 Å². The summed E-state index contributed by atoms with van der Waals surface area (Å²) in [5.41, 5.74) is 2.27. The van der Waals surface area contributed by atoms with Crippen LogP contribution in [0.2, 0.25) is 5.02 Å². The molecule has 1 aromatic heterocycles. The van der Waals surface area contributed by atoms with Gasteiger partial charge in [0.25, 0.3) is 5.91 Å². The van der Waals surface area contributed by atoms with Gasteiger partial charge in [0.2, 0.25) is 0 Å². The number of benzene rings is 2. The van der Waals surface area contributed by atoms with Gasteiger partial charge in [-0.1, -0.05) is 11.6 Å². The average molecular weight is 418 g/mol. The van der Waals surface area contributed by atoms with E-state index in [-0.39, 0.29) is 12.2 Å². The predicted molar refractivity (Wildman–Crippen MR) is 109 cm³/mol. The molecule has 3 aromatic rings. The van der Waals surface area contributed by atoms with Crippen molar-refractivity contribution < 1.29 is 28.6 Å². The van der Waals surface area contributed by atoms with Crippen molar-refractivity contribution in [1.29, 1.82) is 0 Å². The Morgan fingerprint density at radius 2 is 2.03 bits per heavy atom. The van der Waals surface area contributed by atoms with Gasteiger partial charge in [0.05, 0.1) is 25.5 Å². The highest BCUT2D eigenvalue weighted by atomic mass is 35.5. The van der Waals surface area contributed by atoms with Crippen LogP contribution in [0.1, 0.15) is 18.1 Å². The highest BCUT2D eigenvalue weighted by molar-refractivity contribution is 6.31. The smallest absolute Gasteiger partial charge is 0.311 e. The molecule has 152 valence electrons. The molecule has 7 nitrogen and oxygen atoms in total. The number of methoxy groups -OCH3 is 1. The van der Waals surface area contributed by atoms with Crippen molar-refractivity contribution in [3.8, 4) is 11.5 Å². The second-order valence-electron chi connectivity index (χ2n) is 6.54. The first-order chi connectivity index (χ1) is 13.8. The van der Waals surface area contributed by atoms with Gasteiger partial charge in [0.15, 0.2) is 6.10 Å². The standard InChI is InChI=1S/C21H20ClNO6/c1-11-6-17(19(27-3)9-16(11)22)23-21(26)12(2)29-20(25)7-13-10-28-18-8-14(24)4-5-15(13)18/h4-6,8-10,12,24H,7H2,1-3H3,(H,23,26)/t12-/m0/s1. The minimum Gasteiger partial charge on any atom is -0.508 e. The van der Waals surface area contributed by atoms with E-state index >= 15 is 0 Å². The monoisotopic (exact) mass is 417 g/mol. The number of rotatable bonds is 6. The zero-order valence-corrected chi connectivity index (χ0v) is 16.9. The zero-order chi connectivity index (χ0) is 21.1. The van der Waals surface area contributed by atoms with Gasteiger partial charge < -0.3 is 24.3 Å². The van der Waals surface area contributed by atoms with Crippen LogP contribution in [0.5, 0.6) is 11.5 Å². The summed E-state index contributed by atoms with van der Waals surface area (Å²) in [5, 5.41) is 13.4. The molecule has 0 saturated heterocycles. The highest BCUT2D eigenvalue weighted by Gasteiger charge is 2.21. The van der Waals surface area contributed by atoms with E-state index in [1.54, 1.807) is 25.1 Å². The Hall–Kier alpha value is -3.19. The minimum absolute atomic E-state index is 0.0686. The van der Waals surface area contributed by atoms with Crippen LogP contribution in [-0.2, 0) is 20.7 Å². The summed E-state index contributed by atoms with van der Waals surface area (Å²) in [6.07, 6.45) is 0.335. The molecule has 0 saturated carbocycles. The normalized spacial score (nSPS) is 11.9. The Bertz CT molecular complexity index is 1070. The number of amides is 1. The Labute approximate surface area is 172 Å². The van der Waals surface area contributed by atoms with Gasteiger partial charge in [-0.05, 0) is 37.6 Å². The molecule has 0 bridgehead atoms. The molecule has 2 N–H and O–H groups in total. The van der Waals surface area contributed by atoms with Gasteiger partial charge in [-0.2, -0.15) is 0 Å². The molecule has 0 spiro atoms. The van der Waals surface area contributed by atoms with E-state index in [4.69, 9.17) is 25.5 Å². The summed E-state index contributed by atoms with van der Waals surface area (Å²) in [5.74, 6) is -0.609. The van der Waals surface area contributed by atoms with Crippen LogP contribution in [-0.4, -0.2) is 30.2 Å². The molecule has 0 fully saturated rings. The molecule has 1 atom stereocenters. The first-order valence-electron chi connectivity index (χ1n) is 8.82. The molecule has 0 radical (unpaired) electrons. The number of ether oxygens (including phenoxy) is 2. The van der Waals surface area contributed by atoms with Gasteiger partial charge in [-0.3, -0.25) is 9.59 Å². The second-order valence-corrected chi connectivity index (χ2v) is 6.95. The van der Waals surface area contributed by atoms with Gasteiger partial charge in [-0.15, -0.1) is 0 Å². The first-order valence-corrected chi connectivity index (χ1v) is 9.20. The number of anilines is 1. The lowest BCUT2D eigenvalue weighted by Crippen LogP contribution is -2.30. The molecule has 2 aromatic carbocycles. The number of esters is 1. The summed E-state index contributed by atoms with van der Waals surface area (Å²) >= 11 is 6.07. The van der Waals surface area contributed by atoms with E-state index in [1.165, 1.54) is 32.4 Å². The van der Waals surface area contributed by atoms with Crippen LogP contribution >= 0.6 is 11.6 Å². The number of furan rings is 1. The Kier molecular flexibility index (Phi) is 5.98. The van der Waals surface area contributed by atoms with Crippen molar-refractivity contribution in [1.82, 2.24) is 0 Å². The number of phenols is 1. The molecule has 29 heavy (non-hydrogen) atoms. The van der Waals surface area contributed by atoms with Gasteiger partial charge in [0.1, 0.15) is 17.1 Å². The van der Waals surface area contributed by atoms with E-state index in [0.717, 1.165) is 5.56 Å². The van der Waals surface area contributed by atoms with Gasteiger partial charge in [0, 0.05) is 28.1 Å². The fourth-order valence-electron chi connectivity index (χ4n) is 2.82. The SMILES string of the molecule is COc1cc(Cl)c(C)cc1NC(=O)[C@H](C)OC(=O)Cc1coc2cc(O)ccc12. The largest absolute Gasteiger partial charge is 0.508 e. The lowest BCUT2D eigenvalue weighted by Gasteiger charge is -2.16. The third-order valence-electron chi connectivity index (χ3n) is 4.39. The number of fused-ring (bicyclic) bond motifs is 1. The molecule has 1 amide bonds. The van der Waals surface area contributed by atoms with Crippen LogP contribution in [0.4, 0.5) is 5.69 Å². The lowest BCUT2D eigenvalue weighted by atomic mass is 10.1. The number of aryl methyl sites for hydroxylation is 1. The first kappa shape index (κ1) is 20.5. The predicted octanol–water partition coefficient (Wildman–Crippen LogP) is 4.22. The number of hydrogen-bond acceptors (Lipinski definition) is 6. The number of aromatic hydroxyl groups is 1. The number of carbonyl (C=O) groups is 2. The molecule has 0 aliphatic heterocycles. The van der Waals surface area contributed by atoms with E-state index in [0.29, 0.717) is 33.0 Å². The lowest BCUT2D eigenvalue weighted by molar-refractivity contribution is -0.152. The Balaban J connectivity index is 1.65. The molecule has 0 unspecified atom stereocenters. The molecule has 3 rings (SSSR count). The van der Waals surface area contributed by atoms with Crippen LogP contribution in [0.25, 0.3) is 11.0 Å². The van der Waals surface area contributed by atoms with E-state index in [2.05, 4.69) is 5.32 Å². The maximum Gasteiger partial charge on any atom is 0.311 e. The van der Waals surface area contributed by atoms with Gasteiger partial charge in [-0.25, -0.2) is 0 Å². The fourth-order valence-corrected chi connectivity index (χ4v) is 2.97. The van der Waals surface area contributed by atoms with Crippen LogP contribution in [0, 0.1) is 6.92 Å². The Morgan fingerprint density at radius 1 is 1.28 bits per heavy atom. The van der Waals surface area contributed by atoms with Crippen LogP contribution in [0.15, 0.2) is 41.0 Å². The number of halogens is 1. The number of carbonyl (C=O) groups excluding carboxylic acids is 2. The quantitative estimate of drug-likeness (QED) is 0.582. The second kappa shape index (κ2) is 8.45. The Morgan fingerprint density at radius 3 is 2.76 bits per heavy atom. The number of nitrogens with one attached hydrogen (secondary N) is 1. The maximum absolute atomic E-state index is 12.4. The molecular weight excluding hydrogens is 398 g/mol. The zero-order valence-electron chi connectivity index (χ0n) is 16.1. The summed E-state index contributed by atoms with van der Waals surface area (Å²) < 4.78 is 15.8. The molecule has 8 heteroatoms. The third kappa shape index (κ3) is 4.63. The van der Waals surface area contributed by atoms with Crippen molar-refractivity contribution in [3.63, 3.8) is 0 Å². The van der Waals surface area contributed by atoms with Crippen molar-refractivity contribution in [2.45, 2.75) is 26.4 Å². The highest BCUT2D eigenvalue weighted by Crippen LogP contribution is 2.31.